The van der Waals surface area contributed by atoms with Crippen molar-refractivity contribution in [2.24, 2.45) is 7.05 Å². The number of halogens is 1. The summed E-state index contributed by atoms with van der Waals surface area (Å²) in [6, 6.07) is 15.8. The Kier molecular flexibility index (Phi) is 9.43. The molecular weight excluding hydrogens is 664 g/mol. The van der Waals surface area contributed by atoms with E-state index in [2.05, 4.69) is 31.6 Å². The molecule has 1 saturated heterocycles. The molecule has 7 rings (SSSR count). The van der Waals surface area contributed by atoms with E-state index < -0.39 is 11.7 Å². The number of carbonyl (C=O) groups is 2. The number of amides is 2. The third kappa shape index (κ3) is 7.27. The lowest BCUT2D eigenvalue weighted by atomic mass is 9.98. The quantitative estimate of drug-likeness (QED) is 0.176. The van der Waals surface area contributed by atoms with E-state index in [1.165, 1.54) is 18.4 Å². The van der Waals surface area contributed by atoms with Crippen molar-refractivity contribution in [3.05, 3.63) is 94.3 Å². The Morgan fingerprint density at radius 2 is 1.73 bits per heavy atom. The van der Waals surface area contributed by atoms with Crippen LogP contribution in [0.3, 0.4) is 0 Å². The van der Waals surface area contributed by atoms with E-state index >= 15 is 0 Å². The SMILES string of the molecule is Cc1c(Nc2nccc3cc(CN4CCCC4)cnc23)cccc1-c1cccc(NC(=O)c2nc3c(n2C)CCN(C(=O)OC(C)(C)C)C3)c1Cl. The summed E-state index contributed by atoms with van der Waals surface area (Å²) < 4.78 is 7.34. The first-order valence-electron chi connectivity index (χ1n) is 17.4. The van der Waals surface area contributed by atoms with Crippen molar-refractivity contribution in [3.8, 4) is 11.1 Å². The molecule has 11 nitrogen and oxygen atoms in total. The van der Waals surface area contributed by atoms with Gasteiger partial charge >= 0.3 is 6.09 Å². The van der Waals surface area contributed by atoms with Crippen molar-refractivity contribution >= 4 is 51.7 Å². The predicted octanol–water partition coefficient (Wildman–Crippen LogP) is 7.88. The summed E-state index contributed by atoms with van der Waals surface area (Å²) >= 11 is 7.01. The van der Waals surface area contributed by atoms with Crippen LogP contribution < -0.4 is 10.6 Å². The molecule has 3 aromatic heterocycles. The zero-order valence-electron chi connectivity index (χ0n) is 29.7. The second-order valence-corrected chi connectivity index (χ2v) is 14.7. The Labute approximate surface area is 303 Å². The number of carbonyl (C=O) groups excluding carboxylic acids is 2. The van der Waals surface area contributed by atoms with Gasteiger partial charge in [0, 0.05) is 61.3 Å². The van der Waals surface area contributed by atoms with Gasteiger partial charge in [-0.05, 0) is 94.6 Å². The van der Waals surface area contributed by atoms with Crippen LogP contribution in [-0.2, 0) is 31.3 Å². The number of aromatic nitrogens is 4. The topological polar surface area (TPSA) is 118 Å². The van der Waals surface area contributed by atoms with Gasteiger partial charge in [0.2, 0.25) is 0 Å². The Hall–Kier alpha value is -5.00. The zero-order valence-corrected chi connectivity index (χ0v) is 30.5. The van der Waals surface area contributed by atoms with Crippen LogP contribution in [0, 0.1) is 6.92 Å². The van der Waals surface area contributed by atoms with Crippen LogP contribution in [0.4, 0.5) is 22.0 Å². The molecule has 2 aliphatic heterocycles. The molecule has 2 amide bonds. The van der Waals surface area contributed by atoms with E-state index in [0.29, 0.717) is 35.2 Å². The minimum atomic E-state index is -0.598. The number of imidazole rings is 1. The normalized spacial score (nSPS) is 14.8. The lowest BCUT2D eigenvalue weighted by Crippen LogP contribution is -2.40. The molecule has 2 aliphatic rings. The molecule has 0 spiro atoms. The average Bonchev–Trinajstić information content (AvgIpc) is 3.73. The van der Waals surface area contributed by atoms with Crippen molar-refractivity contribution < 1.29 is 14.3 Å². The maximum absolute atomic E-state index is 13.6. The number of fused-ring (bicyclic) bond motifs is 2. The largest absolute Gasteiger partial charge is 0.444 e. The number of hydrogen-bond donors (Lipinski definition) is 2. The molecule has 2 aromatic carbocycles. The Morgan fingerprint density at radius 1 is 0.980 bits per heavy atom. The minimum Gasteiger partial charge on any atom is -0.444 e. The van der Waals surface area contributed by atoms with Gasteiger partial charge in [0.15, 0.2) is 11.6 Å². The van der Waals surface area contributed by atoms with Gasteiger partial charge in [0.05, 0.1) is 22.9 Å². The summed E-state index contributed by atoms with van der Waals surface area (Å²) in [4.78, 5) is 44.5. The van der Waals surface area contributed by atoms with E-state index in [-0.39, 0.29) is 18.3 Å². The highest BCUT2D eigenvalue weighted by molar-refractivity contribution is 6.36. The molecule has 0 aliphatic carbocycles. The van der Waals surface area contributed by atoms with Crippen molar-refractivity contribution in [1.82, 2.24) is 29.3 Å². The number of benzene rings is 2. The van der Waals surface area contributed by atoms with Crippen molar-refractivity contribution in [2.45, 2.75) is 65.6 Å². The minimum absolute atomic E-state index is 0.245. The monoisotopic (exact) mass is 706 g/mol. The van der Waals surface area contributed by atoms with Gasteiger partial charge in [-0.3, -0.25) is 14.7 Å². The second-order valence-electron chi connectivity index (χ2n) is 14.3. The van der Waals surface area contributed by atoms with Gasteiger partial charge in [0.1, 0.15) is 11.1 Å². The first-order chi connectivity index (χ1) is 24.4. The van der Waals surface area contributed by atoms with E-state index in [4.69, 9.17) is 21.3 Å². The molecule has 2 N–H and O–H groups in total. The molecule has 0 radical (unpaired) electrons. The summed E-state index contributed by atoms with van der Waals surface area (Å²) in [5.41, 5.74) is 7.01. The standard InChI is InChI=1S/C39H43ClN8O3/c1-24-27(10-8-12-29(24)43-35-34-26(14-16-41-35)20-25(21-42-34)22-47-17-6-7-18-47)28-11-9-13-30(33(28)40)45-37(49)36-44-31-23-48(19-15-32(31)46(36)5)38(50)51-39(2,3)4/h8-14,16,20-21H,6-7,15,17-19,22-23H2,1-5H3,(H,41,43)(H,45,49). The van der Waals surface area contributed by atoms with Gasteiger partial charge in [-0.2, -0.15) is 0 Å². The molecule has 0 bridgehead atoms. The molecule has 0 unspecified atom stereocenters. The molecule has 5 heterocycles. The molecule has 0 atom stereocenters. The Morgan fingerprint density at radius 3 is 2.49 bits per heavy atom. The lowest BCUT2D eigenvalue weighted by Gasteiger charge is -2.29. The third-order valence-electron chi connectivity index (χ3n) is 9.50. The second kappa shape index (κ2) is 14.0. The van der Waals surface area contributed by atoms with Crippen LogP contribution in [0.2, 0.25) is 5.02 Å². The summed E-state index contributed by atoms with van der Waals surface area (Å²) in [5, 5.41) is 7.95. The molecule has 5 aromatic rings. The fourth-order valence-electron chi connectivity index (χ4n) is 6.90. The highest BCUT2D eigenvalue weighted by Crippen LogP contribution is 2.38. The molecule has 51 heavy (non-hydrogen) atoms. The smallest absolute Gasteiger partial charge is 0.410 e. The number of anilines is 3. The highest BCUT2D eigenvalue weighted by atomic mass is 35.5. The van der Waals surface area contributed by atoms with Crippen LogP contribution in [0.1, 0.15) is 66.7 Å². The first kappa shape index (κ1) is 34.4. The molecule has 12 heteroatoms. The molecular formula is C39H43ClN8O3. The fraction of sp³-hybridized carbons (Fsp3) is 0.359. The summed E-state index contributed by atoms with van der Waals surface area (Å²) in [5.74, 6) is 0.536. The van der Waals surface area contributed by atoms with Crippen LogP contribution in [0.15, 0.2) is 60.9 Å². The molecule has 1 fully saturated rings. The van der Waals surface area contributed by atoms with Crippen LogP contribution in [0.25, 0.3) is 22.0 Å². The molecule has 0 saturated carbocycles. The maximum atomic E-state index is 13.6. The number of nitrogens with zero attached hydrogens (tertiary/aromatic N) is 6. The van der Waals surface area contributed by atoms with Gasteiger partial charge in [-0.25, -0.2) is 14.8 Å². The van der Waals surface area contributed by atoms with E-state index in [0.717, 1.165) is 58.6 Å². The highest BCUT2D eigenvalue weighted by Gasteiger charge is 2.30. The number of ether oxygens (including phenoxy) is 1. The number of nitrogens with one attached hydrogen (secondary N) is 2. The number of rotatable bonds is 7. The van der Waals surface area contributed by atoms with Gasteiger partial charge < -0.3 is 24.8 Å². The maximum Gasteiger partial charge on any atom is 0.410 e. The predicted molar refractivity (Wildman–Crippen MR) is 200 cm³/mol. The number of hydrogen-bond acceptors (Lipinski definition) is 8. The van der Waals surface area contributed by atoms with Gasteiger partial charge in [0.25, 0.3) is 5.91 Å². The van der Waals surface area contributed by atoms with E-state index in [1.807, 2.05) is 83.5 Å². The summed E-state index contributed by atoms with van der Waals surface area (Å²) in [6.07, 6.45) is 6.45. The fourth-order valence-corrected chi connectivity index (χ4v) is 7.18. The summed E-state index contributed by atoms with van der Waals surface area (Å²) in [6.45, 7) is 11.5. The first-order valence-corrected chi connectivity index (χ1v) is 17.8. The molecule has 264 valence electrons. The van der Waals surface area contributed by atoms with E-state index in [9.17, 15) is 9.59 Å². The third-order valence-corrected chi connectivity index (χ3v) is 9.90. The van der Waals surface area contributed by atoms with Crippen molar-refractivity contribution in [2.75, 3.05) is 30.3 Å². The zero-order chi connectivity index (χ0) is 35.9. The number of likely N-dealkylation sites (tertiary alicyclic amines) is 1. The number of pyridine rings is 2. The Bertz CT molecular complexity index is 2130. The average molecular weight is 707 g/mol. The van der Waals surface area contributed by atoms with Crippen molar-refractivity contribution in [3.63, 3.8) is 0 Å². The van der Waals surface area contributed by atoms with Crippen LogP contribution in [-0.4, -0.2) is 66.6 Å². The van der Waals surface area contributed by atoms with E-state index in [1.54, 1.807) is 15.5 Å². The van der Waals surface area contributed by atoms with Crippen molar-refractivity contribution in [1.29, 1.82) is 0 Å². The summed E-state index contributed by atoms with van der Waals surface area (Å²) in [7, 11) is 1.82. The van der Waals surface area contributed by atoms with Gasteiger partial charge in [-0.1, -0.05) is 35.9 Å². The Balaban J connectivity index is 1.09. The van der Waals surface area contributed by atoms with Crippen LogP contribution in [0.5, 0.6) is 0 Å². The van der Waals surface area contributed by atoms with Crippen LogP contribution >= 0.6 is 11.6 Å². The lowest BCUT2D eigenvalue weighted by molar-refractivity contribution is 0.0220. The van der Waals surface area contributed by atoms with Gasteiger partial charge in [-0.15, -0.1) is 0 Å².